The van der Waals surface area contributed by atoms with Gasteiger partial charge in [-0.05, 0) is 44.3 Å². The molecule has 2 rings (SSSR count). The van der Waals surface area contributed by atoms with Crippen LogP contribution in [0.3, 0.4) is 0 Å². The Labute approximate surface area is 105 Å². The van der Waals surface area contributed by atoms with Crippen molar-refractivity contribution in [3.8, 4) is 0 Å². The molecule has 0 aliphatic rings. The maximum atomic E-state index is 5.27. The molecule has 0 aromatic carbocycles. The van der Waals surface area contributed by atoms with Crippen LogP contribution in [0.4, 0.5) is 0 Å². The number of nitrogens with one attached hydrogen (secondary N) is 1. The third-order valence-electron chi connectivity index (χ3n) is 2.48. The quantitative estimate of drug-likeness (QED) is 0.903. The van der Waals surface area contributed by atoms with Crippen LogP contribution in [0.2, 0.25) is 0 Å². The van der Waals surface area contributed by atoms with Crippen molar-refractivity contribution >= 4 is 11.8 Å². The summed E-state index contributed by atoms with van der Waals surface area (Å²) < 4.78 is 5.27. The van der Waals surface area contributed by atoms with Crippen LogP contribution in [0.5, 0.6) is 0 Å². The van der Waals surface area contributed by atoms with E-state index >= 15 is 0 Å². The average Bonchev–Trinajstić information content (AvgIpc) is 2.75. The highest BCUT2D eigenvalue weighted by molar-refractivity contribution is 7.99. The van der Waals surface area contributed by atoms with Crippen LogP contribution in [0.25, 0.3) is 0 Å². The zero-order valence-corrected chi connectivity index (χ0v) is 10.9. The van der Waals surface area contributed by atoms with Gasteiger partial charge in [0.05, 0.1) is 5.69 Å². The SMILES string of the molecule is CNC(C)c1ccc(Sc2nc(C)co2)nc1. The molecule has 5 heteroatoms. The first-order valence-corrected chi connectivity index (χ1v) is 6.24. The Hall–Kier alpha value is -1.33. The Morgan fingerprint density at radius 1 is 1.41 bits per heavy atom. The van der Waals surface area contributed by atoms with E-state index in [4.69, 9.17) is 4.42 Å². The lowest BCUT2D eigenvalue weighted by atomic mass is 10.1. The molecule has 4 nitrogen and oxygen atoms in total. The predicted octanol–water partition coefficient (Wildman–Crippen LogP) is 2.81. The number of oxazole rings is 1. The molecule has 0 spiro atoms. The highest BCUT2D eigenvalue weighted by Gasteiger charge is 2.06. The molecular weight excluding hydrogens is 234 g/mol. The molecule has 0 aliphatic heterocycles. The van der Waals surface area contributed by atoms with Gasteiger partial charge in [-0.3, -0.25) is 0 Å². The van der Waals surface area contributed by atoms with Crippen molar-refractivity contribution in [2.75, 3.05) is 7.05 Å². The number of aryl methyl sites for hydroxylation is 1. The summed E-state index contributed by atoms with van der Waals surface area (Å²) in [7, 11) is 1.93. The topological polar surface area (TPSA) is 51.0 Å². The van der Waals surface area contributed by atoms with Crippen molar-refractivity contribution in [3.05, 3.63) is 35.9 Å². The highest BCUT2D eigenvalue weighted by atomic mass is 32.2. The molecule has 1 atom stereocenters. The normalized spacial score (nSPS) is 12.6. The first-order valence-electron chi connectivity index (χ1n) is 5.42. The molecule has 0 amide bonds. The minimum atomic E-state index is 0.311. The van der Waals surface area contributed by atoms with Crippen molar-refractivity contribution in [3.63, 3.8) is 0 Å². The molecule has 0 aliphatic carbocycles. The monoisotopic (exact) mass is 249 g/mol. The third kappa shape index (κ3) is 3.08. The number of nitrogens with zero attached hydrogens (tertiary/aromatic N) is 2. The van der Waals surface area contributed by atoms with Gasteiger partial charge in [-0.25, -0.2) is 9.97 Å². The van der Waals surface area contributed by atoms with Crippen LogP contribution < -0.4 is 5.32 Å². The van der Waals surface area contributed by atoms with E-state index in [0.29, 0.717) is 11.3 Å². The first kappa shape index (κ1) is 12.1. The Morgan fingerprint density at radius 2 is 2.24 bits per heavy atom. The van der Waals surface area contributed by atoms with Gasteiger partial charge in [0.2, 0.25) is 0 Å². The smallest absolute Gasteiger partial charge is 0.262 e. The fourth-order valence-electron chi connectivity index (χ4n) is 1.34. The minimum Gasteiger partial charge on any atom is -0.439 e. The second-order valence-electron chi connectivity index (χ2n) is 3.80. The Balaban J connectivity index is 2.08. The van der Waals surface area contributed by atoms with Crippen LogP contribution in [0.1, 0.15) is 24.2 Å². The van der Waals surface area contributed by atoms with Crippen LogP contribution in [-0.2, 0) is 0 Å². The van der Waals surface area contributed by atoms with Gasteiger partial charge in [-0.2, -0.15) is 0 Å². The lowest BCUT2D eigenvalue weighted by Crippen LogP contribution is -2.12. The lowest BCUT2D eigenvalue weighted by molar-refractivity contribution is 0.454. The molecule has 0 radical (unpaired) electrons. The van der Waals surface area contributed by atoms with Crippen molar-refractivity contribution in [2.45, 2.75) is 30.1 Å². The molecule has 0 saturated carbocycles. The Bertz CT molecular complexity index is 481. The second-order valence-corrected chi connectivity index (χ2v) is 4.77. The fraction of sp³-hybridized carbons (Fsp3) is 0.333. The van der Waals surface area contributed by atoms with E-state index in [9.17, 15) is 0 Å². The van der Waals surface area contributed by atoms with Crippen molar-refractivity contribution < 1.29 is 4.42 Å². The number of hydrogen-bond acceptors (Lipinski definition) is 5. The molecule has 17 heavy (non-hydrogen) atoms. The van der Waals surface area contributed by atoms with Crippen molar-refractivity contribution in [2.24, 2.45) is 0 Å². The number of hydrogen-bond donors (Lipinski definition) is 1. The van der Waals surface area contributed by atoms with Gasteiger partial charge < -0.3 is 9.73 Å². The molecule has 0 fully saturated rings. The van der Waals surface area contributed by atoms with E-state index in [1.54, 1.807) is 6.26 Å². The van der Waals surface area contributed by atoms with Crippen LogP contribution in [0.15, 0.2) is 39.3 Å². The zero-order valence-electron chi connectivity index (χ0n) is 10.1. The molecule has 2 aromatic rings. The standard InChI is InChI=1S/C12H15N3OS/c1-8-7-16-12(15-8)17-11-5-4-10(6-14-11)9(2)13-3/h4-7,9,13H,1-3H3. The third-order valence-corrected chi connectivity index (χ3v) is 3.29. The summed E-state index contributed by atoms with van der Waals surface area (Å²) in [6.07, 6.45) is 3.51. The van der Waals surface area contributed by atoms with E-state index in [0.717, 1.165) is 10.7 Å². The fourth-order valence-corrected chi connectivity index (χ4v) is 2.05. The summed E-state index contributed by atoms with van der Waals surface area (Å²) in [6, 6.07) is 4.35. The predicted molar refractivity (Wildman–Crippen MR) is 67.1 cm³/mol. The van der Waals surface area contributed by atoms with Gasteiger partial charge in [-0.1, -0.05) is 6.07 Å². The second kappa shape index (κ2) is 5.33. The van der Waals surface area contributed by atoms with Gasteiger partial charge in [0.25, 0.3) is 5.22 Å². The maximum absolute atomic E-state index is 5.27. The van der Waals surface area contributed by atoms with Crippen LogP contribution in [0, 0.1) is 6.92 Å². The average molecular weight is 249 g/mol. The molecule has 1 unspecified atom stereocenters. The summed E-state index contributed by atoms with van der Waals surface area (Å²) in [4.78, 5) is 8.60. The van der Waals surface area contributed by atoms with Gasteiger partial charge in [0.15, 0.2) is 0 Å². The molecule has 2 aromatic heterocycles. The van der Waals surface area contributed by atoms with E-state index in [2.05, 4.69) is 28.3 Å². The van der Waals surface area contributed by atoms with Gasteiger partial charge >= 0.3 is 0 Å². The lowest BCUT2D eigenvalue weighted by Gasteiger charge is -2.09. The number of aromatic nitrogens is 2. The first-order chi connectivity index (χ1) is 8.19. The number of pyridine rings is 1. The van der Waals surface area contributed by atoms with Crippen molar-refractivity contribution in [1.29, 1.82) is 0 Å². The summed E-state index contributed by atoms with van der Waals surface area (Å²) in [6.45, 7) is 4.00. The van der Waals surface area contributed by atoms with Gasteiger partial charge in [-0.15, -0.1) is 0 Å². The summed E-state index contributed by atoms with van der Waals surface area (Å²) in [5.41, 5.74) is 2.05. The molecular formula is C12H15N3OS. The Morgan fingerprint density at radius 3 is 2.76 bits per heavy atom. The number of rotatable bonds is 4. The van der Waals surface area contributed by atoms with E-state index in [-0.39, 0.29) is 0 Å². The van der Waals surface area contributed by atoms with Gasteiger partial charge in [0, 0.05) is 12.2 Å². The van der Waals surface area contributed by atoms with E-state index in [1.165, 1.54) is 17.3 Å². The molecule has 90 valence electrons. The molecule has 1 N–H and O–H groups in total. The molecule has 2 heterocycles. The van der Waals surface area contributed by atoms with Crippen LogP contribution in [-0.4, -0.2) is 17.0 Å². The Kier molecular flexibility index (Phi) is 3.81. The molecule has 0 bridgehead atoms. The van der Waals surface area contributed by atoms with E-state index < -0.39 is 0 Å². The summed E-state index contributed by atoms with van der Waals surface area (Å²) >= 11 is 1.43. The minimum absolute atomic E-state index is 0.311. The van der Waals surface area contributed by atoms with E-state index in [1.807, 2.05) is 26.2 Å². The molecule has 0 saturated heterocycles. The largest absolute Gasteiger partial charge is 0.439 e. The van der Waals surface area contributed by atoms with Gasteiger partial charge in [0.1, 0.15) is 11.3 Å². The summed E-state index contributed by atoms with van der Waals surface area (Å²) in [5.74, 6) is 0. The summed E-state index contributed by atoms with van der Waals surface area (Å²) in [5, 5.41) is 4.69. The van der Waals surface area contributed by atoms with Crippen LogP contribution >= 0.6 is 11.8 Å². The maximum Gasteiger partial charge on any atom is 0.262 e. The van der Waals surface area contributed by atoms with Crippen molar-refractivity contribution in [1.82, 2.24) is 15.3 Å². The zero-order chi connectivity index (χ0) is 12.3. The highest BCUT2D eigenvalue weighted by Crippen LogP contribution is 2.25.